The highest BCUT2D eigenvalue weighted by Gasteiger charge is 2.41. The van der Waals surface area contributed by atoms with Crippen molar-refractivity contribution in [3.05, 3.63) is 89.5 Å². The summed E-state index contributed by atoms with van der Waals surface area (Å²) in [7, 11) is 3.04. The van der Waals surface area contributed by atoms with Crippen molar-refractivity contribution in [3.63, 3.8) is 0 Å². The standard InChI is InChI=1S/C52H63N7O12/c1-31-19-37-25-53-41-23-45(43(67-5)21-39(41)50(64)57(37)27-31)69-17-8-7-9-18-70-46-24-42-40(22-44(46)68-6)51(65)58-28-32(2)20-38(58)29-59(42)52(66)71-30-35-13-15-36(16-14-35)56-49(63)34(4)55-48(62)26-54-47(61)12-10-11-33(3)60/h13-16,21-24,34,37-38,53H,1-2,7-12,17-20,25-30H2,3-6H3,(H,54,61)(H,55,62)(H,56,63). The summed E-state index contributed by atoms with van der Waals surface area (Å²) >= 11 is 0. The quantitative estimate of drug-likeness (QED) is 0.0736. The maximum absolute atomic E-state index is 14.0. The van der Waals surface area contributed by atoms with Crippen LogP contribution in [0, 0.1) is 0 Å². The number of Topliss-reactive ketones (excluding diaryl/α,β-unsaturated/α-hetero) is 1. The van der Waals surface area contributed by atoms with Crippen molar-refractivity contribution in [2.45, 2.75) is 89.9 Å². The van der Waals surface area contributed by atoms with Gasteiger partial charge in [-0.25, -0.2) is 4.79 Å². The van der Waals surface area contributed by atoms with E-state index in [2.05, 4.69) is 34.4 Å². The summed E-state index contributed by atoms with van der Waals surface area (Å²) in [6, 6.07) is 12.3. The number of unbranched alkanes of at least 4 members (excludes halogenated alkanes) is 2. The molecule has 0 aromatic heterocycles. The maximum Gasteiger partial charge on any atom is 0.414 e. The summed E-state index contributed by atoms with van der Waals surface area (Å²) < 4.78 is 29.6. The number of fused-ring (bicyclic) bond motifs is 4. The van der Waals surface area contributed by atoms with Crippen molar-refractivity contribution >= 4 is 58.5 Å². The number of ketones is 1. The second kappa shape index (κ2) is 23.4. The van der Waals surface area contributed by atoms with Crippen molar-refractivity contribution in [1.82, 2.24) is 20.4 Å². The van der Waals surface area contributed by atoms with Crippen LogP contribution in [-0.2, 0) is 30.5 Å². The molecule has 4 aliphatic rings. The summed E-state index contributed by atoms with van der Waals surface area (Å²) in [5.41, 5.74) is 4.82. The van der Waals surface area contributed by atoms with Gasteiger partial charge in [-0.3, -0.25) is 28.9 Å². The first-order chi connectivity index (χ1) is 34.1. The molecular weight excluding hydrogens is 915 g/mol. The van der Waals surface area contributed by atoms with Gasteiger partial charge in [0.25, 0.3) is 11.8 Å². The molecule has 71 heavy (non-hydrogen) atoms. The van der Waals surface area contributed by atoms with Crippen LogP contribution in [0.1, 0.15) is 91.5 Å². The number of hydrogen-bond acceptors (Lipinski definition) is 13. The maximum atomic E-state index is 14.0. The van der Waals surface area contributed by atoms with Crippen LogP contribution in [0.4, 0.5) is 21.9 Å². The lowest BCUT2D eigenvalue weighted by atomic mass is 10.1. The highest BCUT2D eigenvalue weighted by atomic mass is 16.6. The zero-order valence-corrected chi connectivity index (χ0v) is 40.8. The van der Waals surface area contributed by atoms with Crippen LogP contribution in [0.2, 0.25) is 0 Å². The number of ether oxygens (including phenoxy) is 5. The fourth-order valence-corrected chi connectivity index (χ4v) is 8.99. The lowest BCUT2D eigenvalue weighted by molar-refractivity contribution is -0.128. The second-order valence-corrected chi connectivity index (χ2v) is 18.3. The Labute approximate surface area is 413 Å². The molecule has 0 aliphatic carbocycles. The normalized spacial score (nSPS) is 17.3. The monoisotopic (exact) mass is 977 g/mol. The summed E-state index contributed by atoms with van der Waals surface area (Å²) in [6.07, 6.45) is 3.53. The highest BCUT2D eigenvalue weighted by Crippen LogP contribution is 2.41. The molecule has 378 valence electrons. The third-order valence-electron chi connectivity index (χ3n) is 12.8. The number of hydrogen-bond donors (Lipinski definition) is 4. The Morgan fingerprint density at radius 3 is 2.04 bits per heavy atom. The molecule has 3 aromatic rings. The Hall–Kier alpha value is -7.57. The van der Waals surface area contributed by atoms with E-state index in [9.17, 15) is 33.6 Å². The minimum Gasteiger partial charge on any atom is -0.493 e. The molecule has 3 aromatic carbocycles. The Balaban J connectivity index is 0.917. The Bertz CT molecular complexity index is 2560. The molecule has 0 saturated carbocycles. The van der Waals surface area contributed by atoms with Crippen LogP contribution in [0.5, 0.6) is 23.0 Å². The van der Waals surface area contributed by atoms with E-state index in [1.165, 1.54) is 25.9 Å². The lowest BCUT2D eigenvalue weighted by Gasteiger charge is -2.26. The summed E-state index contributed by atoms with van der Waals surface area (Å²) in [5.74, 6) is -0.0181. The van der Waals surface area contributed by atoms with Gasteiger partial charge in [0.2, 0.25) is 17.7 Å². The number of methoxy groups -OCH3 is 2. The number of benzene rings is 3. The van der Waals surface area contributed by atoms with Gasteiger partial charge >= 0.3 is 6.09 Å². The molecule has 4 N–H and O–H groups in total. The van der Waals surface area contributed by atoms with Crippen LogP contribution in [-0.4, -0.2) is 129 Å². The lowest BCUT2D eigenvalue weighted by Crippen LogP contribution is -2.45. The van der Waals surface area contributed by atoms with Gasteiger partial charge in [-0.15, -0.1) is 0 Å². The zero-order valence-electron chi connectivity index (χ0n) is 40.8. The van der Waals surface area contributed by atoms with Crippen LogP contribution in [0.3, 0.4) is 0 Å². The predicted molar refractivity (Wildman–Crippen MR) is 264 cm³/mol. The number of carbonyl (C=O) groups is 7. The van der Waals surface area contributed by atoms with Crippen molar-refractivity contribution in [1.29, 1.82) is 0 Å². The van der Waals surface area contributed by atoms with Crippen molar-refractivity contribution < 1.29 is 57.2 Å². The van der Waals surface area contributed by atoms with Gasteiger partial charge in [0.05, 0.1) is 75.1 Å². The molecule has 7 rings (SSSR count). The average molecular weight is 978 g/mol. The van der Waals surface area contributed by atoms with E-state index in [1.54, 1.807) is 54.5 Å². The summed E-state index contributed by atoms with van der Waals surface area (Å²) in [5, 5.41) is 11.2. The van der Waals surface area contributed by atoms with E-state index in [0.717, 1.165) is 24.0 Å². The van der Waals surface area contributed by atoms with E-state index in [-0.39, 0.29) is 73.7 Å². The molecule has 4 heterocycles. The minimum absolute atomic E-state index is 0.0184. The van der Waals surface area contributed by atoms with E-state index in [4.69, 9.17) is 23.7 Å². The Morgan fingerprint density at radius 1 is 0.761 bits per heavy atom. The molecule has 6 amide bonds. The first-order valence-electron chi connectivity index (χ1n) is 23.9. The SMILES string of the molecule is C=C1CC2CNc3cc(OCCCCCOc4cc5c(cc4OC)C(=O)N4CC(=C)CC4CN5C(=O)OCc4ccc(NC(=O)C(C)NC(=O)CNC(=O)CCCC(C)=O)cc4)c(OC)cc3C(=O)N2C1. The predicted octanol–water partition coefficient (Wildman–Crippen LogP) is 5.77. The third kappa shape index (κ3) is 12.8. The first kappa shape index (κ1) is 51.3. The van der Waals surface area contributed by atoms with E-state index >= 15 is 0 Å². The molecule has 0 spiro atoms. The number of rotatable bonds is 21. The fraction of sp³-hybridized carbons (Fsp3) is 0.442. The van der Waals surface area contributed by atoms with Gasteiger partial charge in [-0.1, -0.05) is 36.4 Å². The molecule has 19 heteroatoms. The topological polar surface area (TPSA) is 223 Å². The van der Waals surface area contributed by atoms with Crippen LogP contribution in [0.15, 0.2) is 72.8 Å². The van der Waals surface area contributed by atoms with E-state index in [1.807, 2.05) is 11.0 Å². The third-order valence-corrected chi connectivity index (χ3v) is 12.8. The fourth-order valence-electron chi connectivity index (χ4n) is 8.99. The number of carbonyl (C=O) groups excluding carboxylic acids is 7. The molecule has 4 aliphatic heterocycles. The molecule has 3 atom stereocenters. The summed E-state index contributed by atoms with van der Waals surface area (Å²) in [4.78, 5) is 94.7. The number of nitrogens with zero attached hydrogens (tertiary/aromatic N) is 3. The molecule has 0 radical (unpaired) electrons. The number of nitrogens with one attached hydrogen (secondary N) is 4. The largest absolute Gasteiger partial charge is 0.493 e. The highest BCUT2D eigenvalue weighted by molar-refractivity contribution is 6.06. The molecule has 2 fully saturated rings. The second-order valence-electron chi connectivity index (χ2n) is 18.3. The average Bonchev–Trinajstić information content (AvgIpc) is 3.86. The van der Waals surface area contributed by atoms with E-state index < -0.39 is 23.9 Å². The van der Waals surface area contributed by atoms with Crippen molar-refractivity contribution in [3.8, 4) is 23.0 Å². The van der Waals surface area contributed by atoms with E-state index in [0.29, 0.717) is 110 Å². The van der Waals surface area contributed by atoms with Gasteiger partial charge in [-0.2, -0.15) is 0 Å². The van der Waals surface area contributed by atoms with Crippen LogP contribution in [0.25, 0.3) is 0 Å². The molecular formula is C52H63N7O12. The van der Waals surface area contributed by atoms with Crippen LogP contribution >= 0.6 is 0 Å². The minimum atomic E-state index is -0.915. The van der Waals surface area contributed by atoms with Crippen molar-refractivity contribution in [2.75, 3.05) is 75.7 Å². The number of anilines is 3. The molecule has 3 unspecified atom stereocenters. The molecule has 19 nitrogen and oxygen atoms in total. The van der Waals surface area contributed by atoms with Gasteiger partial charge in [0.1, 0.15) is 18.4 Å². The zero-order chi connectivity index (χ0) is 50.8. The van der Waals surface area contributed by atoms with Gasteiger partial charge in [-0.05, 0) is 82.2 Å². The first-order valence-corrected chi connectivity index (χ1v) is 23.9. The summed E-state index contributed by atoms with van der Waals surface area (Å²) in [6.45, 7) is 13.1. The van der Waals surface area contributed by atoms with Crippen LogP contribution < -0.4 is 45.1 Å². The Kier molecular flexibility index (Phi) is 16.9. The Morgan fingerprint density at radius 2 is 1.38 bits per heavy atom. The van der Waals surface area contributed by atoms with Gasteiger partial charge < -0.3 is 59.5 Å². The van der Waals surface area contributed by atoms with Crippen molar-refractivity contribution in [2.24, 2.45) is 0 Å². The van der Waals surface area contributed by atoms with Gasteiger partial charge in [0, 0.05) is 50.3 Å². The molecule has 0 bridgehead atoms. The van der Waals surface area contributed by atoms with Gasteiger partial charge in [0.15, 0.2) is 23.0 Å². The number of amides is 6. The smallest absolute Gasteiger partial charge is 0.414 e. The molecule has 2 saturated heterocycles.